The third-order valence-electron chi connectivity index (χ3n) is 4.57. The Bertz CT molecular complexity index is 605. The zero-order valence-corrected chi connectivity index (χ0v) is 13.9. The smallest absolute Gasteiger partial charge is 0.247 e. The molecule has 7 heteroatoms. The molecule has 2 aliphatic rings. The van der Waals surface area contributed by atoms with Crippen LogP contribution in [0.2, 0.25) is 0 Å². The number of aryl methyl sites for hydroxylation is 2. The third kappa shape index (κ3) is 3.06. The van der Waals surface area contributed by atoms with Crippen LogP contribution < -0.4 is 4.90 Å². The normalized spacial score (nSPS) is 23.0. The van der Waals surface area contributed by atoms with Crippen LogP contribution in [0, 0.1) is 13.8 Å². The molecule has 2 saturated heterocycles. The Morgan fingerprint density at radius 2 is 1.83 bits per heavy atom. The van der Waals surface area contributed by atoms with Crippen molar-refractivity contribution in [1.29, 1.82) is 0 Å². The fourth-order valence-electron chi connectivity index (χ4n) is 3.41. The highest BCUT2D eigenvalue weighted by molar-refractivity contribution is 6.05. The molecule has 1 aromatic heterocycles. The molecule has 3 heterocycles. The predicted molar refractivity (Wildman–Crippen MR) is 86.1 cm³/mol. The van der Waals surface area contributed by atoms with Crippen LogP contribution in [-0.2, 0) is 9.59 Å². The van der Waals surface area contributed by atoms with Gasteiger partial charge in [-0.3, -0.25) is 19.4 Å². The Kier molecular flexibility index (Phi) is 4.30. The van der Waals surface area contributed by atoms with Crippen molar-refractivity contribution in [2.45, 2.75) is 33.2 Å². The summed E-state index contributed by atoms with van der Waals surface area (Å²) in [5.41, 5.74) is 0.963. The van der Waals surface area contributed by atoms with E-state index in [2.05, 4.69) is 19.8 Å². The lowest BCUT2D eigenvalue weighted by Crippen LogP contribution is -2.52. The Morgan fingerprint density at radius 1 is 1.13 bits per heavy atom. The second kappa shape index (κ2) is 6.23. The van der Waals surface area contributed by atoms with Crippen molar-refractivity contribution in [2.75, 3.05) is 37.6 Å². The van der Waals surface area contributed by atoms with Gasteiger partial charge in [-0.15, -0.1) is 0 Å². The van der Waals surface area contributed by atoms with Crippen LogP contribution in [0.5, 0.6) is 0 Å². The van der Waals surface area contributed by atoms with Crippen LogP contribution in [0.25, 0.3) is 0 Å². The molecule has 124 valence electrons. The van der Waals surface area contributed by atoms with Crippen LogP contribution in [0.3, 0.4) is 0 Å². The highest BCUT2D eigenvalue weighted by atomic mass is 16.2. The van der Waals surface area contributed by atoms with Gasteiger partial charge in [0.05, 0.1) is 12.5 Å². The number of carbonyl (C=O) groups is 2. The zero-order valence-electron chi connectivity index (χ0n) is 13.9. The van der Waals surface area contributed by atoms with Crippen molar-refractivity contribution in [2.24, 2.45) is 0 Å². The molecular formula is C16H23N5O2. The van der Waals surface area contributed by atoms with Gasteiger partial charge in [-0.1, -0.05) is 0 Å². The number of nitrogens with zero attached hydrogens (tertiary/aromatic N) is 5. The van der Waals surface area contributed by atoms with Crippen molar-refractivity contribution < 1.29 is 9.59 Å². The van der Waals surface area contributed by atoms with Gasteiger partial charge in [-0.25, -0.2) is 9.97 Å². The Balaban J connectivity index is 1.65. The monoisotopic (exact) mass is 317 g/mol. The summed E-state index contributed by atoms with van der Waals surface area (Å²) in [6, 6.07) is 1.71. The molecular weight excluding hydrogens is 294 g/mol. The summed E-state index contributed by atoms with van der Waals surface area (Å²) >= 11 is 0. The van der Waals surface area contributed by atoms with Gasteiger partial charge in [0.2, 0.25) is 11.8 Å². The van der Waals surface area contributed by atoms with Gasteiger partial charge in [-0.05, 0) is 20.8 Å². The van der Waals surface area contributed by atoms with E-state index in [1.165, 1.54) is 4.90 Å². The summed E-state index contributed by atoms with van der Waals surface area (Å²) in [5, 5.41) is 0. The Hall–Kier alpha value is -2.02. The van der Waals surface area contributed by atoms with Crippen LogP contribution in [0.1, 0.15) is 24.9 Å². The molecule has 2 aliphatic heterocycles. The number of carbonyl (C=O) groups excluding carboxylic acids is 2. The van der Waals surface area contributed by atoms with E-state index in [1.807, 2.05) is 26.8 Å². The van der Waals surface area contributed by atoms with Crippen molar-refractivity contribution >= 4 is 17.6 Å². The number of anilines is 1. The van der Waals surface area contributed by atoms with Gasteiger partial charge in [-0.2, -0.15) is 0 Å². The number of likely N-dealkylation sites (tertiary alicyclic amines) is 1. The van der Waals surface area contributed by atoms with Gasteiger partial charge in [0.15, 0.2) is 0 Å². The molecule has 0 aliphatic carbocycles. The fourth-order valence-corrected chi connectivity index (χ4v) is 3.41. The summed E-state index contributed by atoms with van der Waals surface area (Å²) < 4.78 is 0. The third-order valence-corrected chi connectivity index (χ3v) is 4.57. The van der Waals surface area contributed by atoms with E-state index >= 15 is 0 Å². The number of amides is 2. The first-order valence-corrected chi connectivity index (χ1v) is 8.15. The van der Waals surface area contributed by atoms with Crippen LogP contribution in [0.4, 0.5) is 5.82 Å². The molecule has 3 rings (SSSR count). The minimum absolute atomic E-state index is 0.0420. The van der Waals surface area contributed by atoms with Crippen molar-refractivity contribution in [1.82, 2.24) is 19.8 Å². The minimum atomic E-state index is -0.279. The number of aromatic nitrogens is 2. The lowest BCUT2D eigenvalue weighted by Gasteiger charge is -2.37. The standard InChI is InChI=1S/C16H23N5O2/c1-4-21-15(22)10-13(16(21)23)19-5-7-20(8-6-19)14-9-11(2)17-12(3)18-14/h9,13H,4-8,10H2,1-3H3/t13-/m0/s1. The van der Waals surface area contributed by atoms with Crippen LogP contribution >= 0.6 is 0 Å². The van der Waals surface area contributed by atoms with E-state index in [4.69, 9.17) is 0 Å². The lowest BCUT2D eigenvalue weighted by atomic mass is 10.1. The summed E-state index contributed by atoms with van der Waals surface area (Å²) in [7, 11) is 0. The molecule has 0 bridgehead atoms. The van der Waals surface area contributed by atoms with Gasteiger partial charge in [0, 0.05) is 44.5 Å². The quantitative estimate of drug-likeness (QED) is 0.750. The van der Waals surface area contributed by atoms with Gasteiger partial charge >= 0.3 is 0 Å². The molecule has 23 heavy (non-hydrogen) atoms. The highest BCUT2D eigenvalue weighted by Crippen LogP contribution is 2.22. The summed E-state index contributed by atoms with van der Waals surface area (Å²) in [6.07, 6.45) is 0.318. The summed E-state index contributed by atoms with van der Waals surface area (Å²) in [5.74, 6) is 1.63. The summed E-state index contributed by atoms with van der Waals surface area (Å²) in [4.78, 5) is 38.7. The van der Waals surface area contributed by atoms with E-state index < -0.39 is 0 Å². The number of imide groups is 1. The molecule has 0 radical (unpaired) electrons. The number of rotatable bonds is 3. The molecule has 1 aromatic rings. The SMILES string of the molecule is CCN1C(=O)C[C@H](N2CCN(c3cc(C)nc(C)n3)CC2)C1=O. The molecule has 2 fully saturated rings. The molecule has 0 saturated carbocycles. The second-order valence-corrected chi connectivity index (χ2v) is 6.13. The number of piperazine rings is 1. The average Bonchev–Trinajstić information content (AvgIpc) is 2.80. The first-order valence-electron chi connectivity index (χ1n) is 8.15. The first kappa shape index (κ1) is 15.9. The van der Waals surface area contributed by atoms with Crippen molar-refractivity contribution in [3.63, 3.8) is 0 Å². The second-order valence-electron chi connectivity index (χ2n) is 6.13. The van der Waals surface area contributed by atoms with E-state index in [0.717, 1.165) is 43.5 Å². The number of likely N-dealkylation sites (N-methyl/N-ethyl adjacent to an activating group) is 1. The van der Waals surface area contributed by atoms with E-state index in [9.17, 15) is 9.59 Å². The average molecular weight is 317 g/mol. The van der Waals surface area contributed by atoms with Gasteiger partial charge in [0.1, 0.15) is 11.6 Å². The van der Waals surface area contributed by atoms with Gasteiger partial charge < -0.3 is 4.90 Å². The maximum atomic E-state index is 12.3. The first-order chi connectivity index (χ1) is 11.0. The van der Waals surface area contributed by atoms with Crippen molar-refractivity contribution in [3.05, 3.63) is 17.6 Å². The Labute approximate surface area is 136 Å². The lowest BCUT2D eigenvalue weighted by molar-refractivity contribution is -0.139. The van der Waals surface area contributed by atoms with E-state index in [1.54, 1.807) is 0 Å². The van der Waals surface area contributed by atoms with Gasteiger partial charge in [0.25, 0.3) is 0 Å². The minimum Gasteiger partial charge on any atom is -0.354 e. The fraction of sp³-hybridized carbons (Fsp3) is 0.625. The van der Waals surface area contributed by atoms with E-state index in [-0.39, 0.29) is 17.9 Å². The molecule has 1 atom stereocenters. The number of hydrogen-bond donors (Lipinski definition) is 0. The topological polar surface area (TPSA) is 69.6 Å². The molecule has 0 N–H and O–H groups in total. The van der Waals surface area contributed by atoms with Crippen molar-refractivity contribution in [3.8, 4) is 0 Å². The number of hydrogen-bond acceptors (Lipinski definition) is 6. The Morgan fingerprint density at radius 3 is 2.39 bits per heavy atom. The molecule has 7 nitrogen and oxygen atoms in total. The zero-order chi connectivity index (χ0) is 16.6. The van der Waals surface area contributed by atoms with Crippen LogP contribution in [-0.4, -0.2) is 70.3 Å². The molecule has 0 aromatic carbocycles. The molecule has 2 amide bonds. The molecule has 0 unspecified atom stereocenters. The summed E-state index contributed by atoms with van der Waals surface area (Å²) in [6.45, 7) is 9.32. The molecule has 0 spiro atoms. The maximum Gasteiger partial charge on any atom is 0.247 e. The van der Waals surface area contributed by atoms with Crippen LogP contribution in [0.15, 0.2) is 6.07 Å². The van der Waals surface area contributed by atoms with E-state index in [0.29, 0.717) is 13.0 Å². The highest BCUT2D eigenvalue weighted by Gasteiger charge is 2.41. The predicted octanol–water partition coefficient (Wildman–Crippen LogP) is 0.363. The maximum absolute atomic E-state index is 12.3. The largest absolute Gasteiger partial charge is 0.354 e.